The SMILES string of the molecule is COc1ccc(-c2cc(NC(=O)OC(C)(C)C)n(CCO)n2)cc1. The predicted molar refractivity (Wildman–Crippen MR) is 91.2 cm³/mol. The number of carbonyl (C=O) groups is 1. The summed E-state index contributed by atoms with van der Waals surface area (Å²) in [5.74, 6) is 1.21. The Bertz CT molecular complexity index is 687. The van der Waals surface area contributed by atoms with Crippen molar-refractivity contribution >= 4 is 11.9 Å². The molecule has 2 rings (SSSR count). The summed E-state index contributed by atoms with van der Waals surface area (Å²) in [4.78, 5) is 12.0. The average Bonchev–Trinajstić information content (AvgIpc) is 2.88. The van der Waals surface area contributed by atoms with E-state index in [9.17, 15) is 9.90 Å². The van der Waals surface area contributed by atoms with Gasteiger partial charge in [0.2, 0.25) is 0 Å². The van der Waals surface area contributed by atoms with Gasteiger partial charge in [0.1, 0.15) is 17.2 Å². The summed E-state index contributed by atoms with van der Waals surface area (Å²) in [5, 5.41) is 16.3. The molecule has 24 heavy (non-hydrogen) atoms. The van der Waals surface area contributed by atoms with Crippen molar-refractivity contribution in [3.63, 3.8) is 0 Å². The molecule has 0 aliphatic carbocycles. The van der Waals surface area contributed by atoms with Gasteiger partial charge in [0.25, 0.3) is 0 Å². The normalized spacial score (nSPS) is 11.2. The van der Waals surface area contributed by atoms with Gasteiger partial charge in [0.05, 0.1) is 26.0 Å². The number of nitrogens with zero attached hydrogens (tertiary/aromatic N) is 2. The smallest absolute Gasteiger partial charge is 0.413 e. The maximum absolute atomic E-state index is 12.0. The van der Waals surface area contributed by atoms with Gasteiger partial charge in [-0.15, -0.1) is 0 Å². The Morgan fingerprint density at radius 3 is 2.50 bits per heavy atom. The Morgan fingerprint density at radius 1 is 1.29 bits per heavy atom. The molecule has 0 atom stereocenters. The lowest BCUT2D eigenvalue weighted by atomic mass is 10.1. The van der Waals surface area contributed by atoms with Crippen LogP contribution in [0.3, 0.4) is 0 Å². The Morgan fingerprint density at radius 2 is 1.96 bits per heavy atom. The molecule has 7 heteroatoms. The van der Waals surface area contributed by atoms with E-state index in [1.165, 1.54) is 4.68 Å². The van der Waals surface area contributed by atoms with E-state index in [0.717, 1.165) is 11.3 Å². The fraction of sp³-hybridized carbons (Fsp3) is 0.412. The van der Waals surface area contributed by atoms with Gasteiger partial charge in [-0.1, -0.05) is 0 Å². The van der Waals surface area contributed by atoms with Crippen molar-refractivity contribution in [1.82, 2.24) is 9.78 Å². The Labute approximate surface area is 141 Å². The third-order valence-electron chi connectivity index (χ3n) is 3.11. The zero-order chi connectivity index (χ0) is 17.7. The number of rotatable bonds is 5. The molecule has 0 aliphatic rings. The standard InChI is InChI=1S/C17H23N3O4/c1-17(2,3)24-16(22)18-15-11-14(19-20(15)9-10-21)12-5-7-13(23-4)8-6-12/h5-8,11,21H,9-10H2,1-4H3,(H,18,22). The van der Waals surface area contributed by atoms with E-state index < -0.39 is 11.7 Å². The van der Waals surface area contributed by atoms with Crippen LogP contribution in [0.25, 0.3) is 11.3 Å². The maximum atomic E-state index is 12.0. The van der Waals surface area contributed by atoms with Gasteiger partial charge in [-0.05, 0) is 45.0 Å². The minimum Gasteiger partial charge on any atom is -0.497 e. The van der Waals surface area contributed by atoms with Gasteiger partial charge >= 0.3 is 6.09 Å². The number of aliphatic hydroxyl groups is 1. The van der Waals surface area contributed by atoms with E-state index in [1.807, 2.05) is 24.3 Å². The molecule has 0 saturated heterocycles. The summed E-state index contributed by atoms with van der Waals surface area (Å²) in [6, 6.07) is 9.16. The third-order valence-corrected chi connectivity index (χ3v) is 3.11. The zero-order valence-electron chi connectivity index (χ0n) is 14.4. The summed E-state index contributed by atoms with van der Waals surface area (Å²) in [7, 11) is 1.60. The lowest BCUT2D eigenvalue weighted by Gasteiger charge is -2.19. The number of methoxy groups -OCH3 is 1. The van der Waals surface area contributed by atoms with Gasteiger partial charge in [0.15, 0.2) is 0 Å². The van der Waals surface area contributed by atoms with Crippen LogP contribution in [0.15, 0.2) is 30.3 Å². The van der Waals surface area contributed by atoms with Gasteiger partial charge < -0.3 is 14.6 Å². The summed E-state index contributed by atoms with van der Waals surface area (Å²) >= 11 is 0. The second-order valence-corrected chi connectivity index (χ2v) is 6.22. The molecular formula is C17H23N3O4. The number of aliphatic hydroxyl groups excluding tert-OH is 1. The van der Waals surface area contributed by atoms with Gasteiger partial charge in [0, 0.05) is 11.6 Å². The largest absolute Gasteiger partial charge is 0.497 e. The molecule has 2 N–H and O–H groups in total. The minimum atomic E-state index is -0.593. The van der Waals surface area contributed by atoms with E-state index >= 15 is 0 Å². The van der Waals surface area contributed by atoms with E-state index in [-0.39, 0.29) is 13.2 Å². The molecule has 7 nitrogen and oxygen atoms in total. The molecule has 0 unspecified atom stereocenters. The fourth-order valence-corrected chi connectivity index (χ4v) is 2.09. The quantitative estimate of drug-likeness (QED) is 0.879. The molecule has 0 aliphatic heterocycles. The van der Waals surface area contributed by atoms with Crippen LogP contribution < -0.4 is 10.1 Å². The third kappa shape index (κ3) is 4.73. The van der Waals surface area contributed by atoms with E-state index in [4.69, 9.17) is 9.47 Å². The molecular weight excluding hydrogens is 310 g/mol. The summed E-state index contributed by atoms with van der Waals surface area (Å²) < 4.78 is 11.9. The van der Waals surface area contributed by atoms with Crippen LogP contribution in [0.4, 0.5) is 10.6 Å². The van der Waals surface area contributed by atoms with Crippen molar-refractivity contribution in [2.45, 2.75) is 32.9 Å². The molecule has 0 fully saturated rings. The number of nitrogens with one attached hydrogen (secondary N) is 1. The number of carbonyl (C=O) groups excluding carboxylic acids is 1. The minimum absolute atomic E-state index is 0.0905. The maximum Gasteiger partial charge on any atom is 0.413 e. The van der Waals surface area contributed by atoms with E-state index in [1.54, 1.807) is 33.9 Å². The monoisotopic (exact) mass is 333 g/mol. The molecule has 0 radical (unpaired) electrons. The number of hydrogen-bond acceptors (Lipinski definition) is 5. The molecule has 130 valence electrons. The number of hydrogen-bond donors (Lipinski definition) is 2. The van der Waals surface area contributed by atoms with E-state index in [2.05, 4.69) is 10.4 Å². The topological polar surface area (TPSA) is 85.6 Å². The highest BCUT2D eigenvalue weighted by molar-refractivity contribution is 5.84. The first-order valence-corrected chi connectivity index (χ1v) is 7.65. The molecule has 1 aromatic carbocycles. The van der Waals surface area contributed by atoms with Crippen molar-refractivity contribution in [3.05, 3.63) is 30.3 Å². The van der Waals surface area contributed by atoms with Crippen LogP contribution >= 0.6 is 0 Å². The second kappa shape index (κ2) is 7.35. The number of ether oxygens (including phenoxy) is 2. The number of aromatic nitrogens is 2. The van der Waals surface area contributed by atoms with Crippen LogP contribution in [-0.4, -0.2) is 40.3 Å². The highest BCUT2D eigenvalue weighted by Crippen LogP contribution is 2.24. The molecule has 1 amide bonds. The first-order chi connectivity index (χ1) is 11.3. The molecule has 2 aromatic rings. The summed E-state index contributed by atoms with van der Waals surface area (Å²) in [5.41, 5.74) is 0.960. The number of amides is 1. The van der Waals surface area contributed by atoms with Crippen LogP contribution in [0.1, 0.15) is 20.8 Å². The first kappa shape index (κ1) is 17.8. The second-order valence-electron chi connectivity index (χ2n) is 6.22. The lowest BCUT2D eigenvalue weighted by Crippen LogP contribution is -2.28. The highest BCUT2D eigenvalue weighted by atomic mass is 16.6. The average molecular weight is 333 g/mol. The zero-order valence-corrected chi connectivity index (χ0v) is 14.4. The summed E-state index contributed by atoms with van der Waals surface area (Å²) in [6.45, 7) is 5.55. The molecule has 1 heterocycles. The highest BCUT2D eigenvalue weighted by Gasteiger charge is 2.18. The van der Waals surface area contributed by atoms with Crippen molar-refractivity contribution < 1.29 is 19.4 Å². The number of anilines is 1. The number of benzene rings is 1. The van der Waals surface area contributed by atoms with Crippen molar-refractivity contribution in [3.8, 4) is 17.0 Å². The van der Waals surface area contributed by atoms with Gasteiger partial charge in [-0.2, -0.15) is 5.10 Å². The molecule has 0 spiro atoms. The Balaban J connectivity index is 2.24. The first-order valence-electron chi connectivity index (χ1n) is 7.65. The molecule has 0 saturated carbocycles. The van der Waals surface area contributed by atoms with Crippen LogP contribution in [0, 0.1) is 0 Å². The molecule has 1 aromatic heterocycles. The van der Waals surface area contributed by atoms with Crippen LogP contribution in [0.2, 0.25) is 0 Å². The van der Waals surface area contributed by atoms with E-state index in [0.29, 0.717) is 11.5 Å². The Kier molecular flexibility index (Phi) is 5.46. The Hall–Kier alpha value is -2.54. The van der Waals surface area contributed by atoms with Crippen molar-refractivity contribution in [2.75, 3.05) is 19.0 Å². The van der Waals surface area contributed by atoms with Crippen LogP contribution in [-0.2, 0) is 11.3 Å². The predicted octanol–water partition coefficient (Wildman–Crippen LogP) is 2.90. The van der Waals surface area contributed by atoms with Gasteiger partial charge in [-0.25, -0.2) is 9.48 Å². The fourth-order valence-electron chi connectivity index (χ4n) is 2.09. The molecule has 0 bridgehead atoms. The lowest BCUT2D eigenvalue weighted by molar-refractivity contribution is 0.0634. The summed E-state index contributed by atoms with van der Waals surface area (Å²) in [6.07, 6.45) is -0.567. The van der Waals surface area contributed by atoms with Gasteiger partial charge in [-0.3, -0.25) is 5.32 Å². The van der Waals surface area contributed by atoms with Crippen LogP contribution in [0.5, 0.6) is 5.75 Å². The van der Waals surface area contributed by atoms with Crippen molar-refractivity contribution in [2.24, 2.45) is 0 Å². The van der Waals surface area contributed by atoms with Crippen molar-refractivity contribution in [1.29, 1.82) is 0 Å².